The highest BCUT2D eigenvalue weighted by atomic mass is 35.5. The van der Waals surface area contributed by atoms with Crippen LogP contribution in [0.1, 0.15) is 18.9 Å². The number of rotatable bonds is 6. The van der Waals surface area contributed by atoms with Crippen LogP contribution in [0.25, 0.3) is 11.1 Å². The van der Waals surface area contributed by atoms with Crippen molar-refractivity contribution in [3.05, 3.63) is 62.4 Å². The number of thiophene rings is 1. The number of benzene rings is 2. The average Bonchev–Trinajstić information content (AvgIpc) is 3.33. The van der Waals surface area contributed by atoms with Crippen molar-refractivity contribution in [1.82, 2.24) is 5.32 Å². The molecular formula is C22H18Cl3F3N2O3S2. The molecule has 1 aliphatic rings. The Morgan fingerprint density at radius 2 is 1.83 bits per heavy atom. The molecule has 0 unspecified atom stereocenters. The lowest BCUT2D eigenvalue weighted by atomic mass is 10.1. The van der Waals surface area contributed by atoms with E-state index in [1.165, 1.54) is 12.1 Å². The molecule has 1 saturated heterocycles. The van der Waals surface area contributed by atoms with Gasteiger partial charge in [-0.15, -0.1) is 11.3 Å². The molecule has 1 atom stereocenters. The Balaban J connectivity index is 1.66. The highest BCUT2D eigenvalue weighted by Crippen LogP contribution is 2.43. The van der Waals surface area contributed by atoms with Crippen LogP contribution in [0, 0.1) is 0 Å². The topological polar surface area (TPSA) is 67.4 Å². The van der Waals surface area contributed by atoms with Gasteiger partial charge in [0, 0.05) is 40.2 Å². The first kappa shape index (κ1) is 26.4. The maximum atomic E-state index is 13.6. The molecule has 4 rings (SSSR count). The quantitative estimate of drug-likeness (QED) is 0.318. The van der Waals surface area contributed by atoms with Crippen molar-refractivity contribution < 1.29 is 26.3 Å². The van der Waals surface area contributed by atoms with Crippen LogP contribution in [0.15, 0.2) is 46.7 Å². The summed E-state index contributed by atoms with van der Waals surface area (Å²) in [6, 6.07) is 8.91. The van der Waals surface area contributed by atoms with Crippen molar-refractivity contribution in [1.29, 1.82) is 0 Å². The Labute approximate surface area is 219 Å². The van der Waals surface area contributed by atoms with Gasteiger partial charge in [-0.3, -0.25) is 4.72 Å². The molecule has 35 heavy (non-hydrogen) atoms. The summed E-state index contributed by atoms with van der Waals surface area (Å²) in [5.74, 6) is -0.457. The van der Waals surface area contributed by atoms with E-state index in [2.05, 4.69) is 10.0 Å². The van der Waals surface area contributed by atoms with Crippen molar-refractivity contribution in [2.24, 2.45) is 0 Å². The van der Waals surface area contributed by atoms with Crippen LogP contribution in [-0.2, 0) is 16.2 Å². The van der Waals surface area contributed by atoms with Gasteiger partial charge in [0.1, 0.15) is 19.9 Å². The van der Waals surface area contributed by atoms with E-state index in [4.69, 9.17) is 39.5 Å². The molecule has 2 aromatic carbocycles. The Morgan fingerprint density at radius 1 is 1.09 bits per heavy atom. The molecule has 188 valence electrons. The van der Waals surface area contributed by atoms with E-state index in [1.807, 2.05) is 0 Å². The van der Waals surface area contributed by atoms with Crippen molar-refractivity contribution >= 4 is 61.9 Å². The molecular weight excluding hydrogens is 568 g/mol. The fourth-order valence-corrected chi connectivity index (χ4v) is 6.94. The highest BCUT2D eigenvalue weighted by Gasteiger charge is 2.38. The van der Waals surface area contributed by atoms with E-state index in [0.717, 1.165) is 29.5 Å². The van der Waals surface area contributed by atoms with Crippen molar-refractivity contribution in [2.75, 3.05) is 17.8 Å². The molecule has 0 spiro atoms. The molecule has 5 nitrogen and oxygen atoms in total. The summed E-state index contributed by atoms with van der Waals surface area (Å²) in [4.78, 5) is 0. The van der Waals surface area contributed by atoms with Crippen LogP contribution in [0.4, 0.5) is 18.9 Å². The third-order valence-electron chi connectivity index (χ3n) is 5.38. The molecule has 0 saturated carbocycles. The molecule has 0 amide bonds. The second-order valence-electron chi connectivity index (χ2n) is 8.17. The summed E-state index contributed by atoms with van der Waals surface area (Å²) in [5.41, 5.74) is -1.06. The summed E-state index contributed by atoms with van der Waals surface area (Å²) < 4.78 is 74.9. The second-order valence-corrected chi connectivity index (χ2v) is 12.6. The van der Waals surface area contributed by atoms with Crippen LogP contribution < -0.4 is 14.8 Å². The van der Waals surface area contributed by atoms with Gasteiger partial charge >= 0.3 is 6.18 Å². The predicted molar refractivity (Wildman–Crippen MR) is 134 cm³/mol. The van der Waals surface area contributed by atoms with Crippen LogP contribution in [0.3, 0.4) is 0 Å². The lowest BCUT2D eigenvalue weighted by Gasteiger charge is -2.27. The predicted octanol–water partition coefficient (Wildman–Crippen LogP) is 7.33. The lowest BCUT2D eigenvalue weighted by molar-refractivity contribution is -0.139. The Kier molecular flexibility index (Phi) is 7.27. The number of hydrogen-bond donors (Lipinski definition) is 2. The number of ether oxygens (including phenoxy) is 1. The monoisotopic (exact) mass is 584 g/mol. The fourth-order valence-electron chi connectivity index (χ4n) is 3.63. The number of nitrogens with one attached hydrogen (secondary N) is 2. The van der Waals surface area contributed by atoms with Crippen LogP contribution >= 0.6 is 46.1 Å². The maximum absolute atomic E-state index is 13.6. The third kappa shape index (κ3) is 5.84. The largest absolute Gasteiger partial charge is 0.485 e. The minimum atomic E-state index is -4.68. The first-order valence-electron chi connectivity index (χ1n) is 10.2. The summed E-state index contributed by atoms with van der Waals surface area (Å²) in [5, 5.41) is 3.74. The fraction of sp³-hybridized carbons (Fsp3) is 0.273. The molecule has 1 fully saturated rings. The lowest BCUT2D eigenvalue weighted by Crippen LogP contribution is -2.35. The van der Waals surface area contributed by atoms with Gasteiger partial charge in [-0.05, 0) is 43.8 Å². The van der Waals surface area contributed by atoms with E-state index >= 15 is 0 Å². The van der Waals surface area contributed by atoms with E-state index < -0.39 is 33.1 Å². The van der Waals surface area contributed by atoms with Gasteiger partial charge in [0.15, 0.2) is 0 Å². The summed E-state index contributed by atoms with van der Waals surface area (Å²) >= 11 is 19.2. The second kappa shape index (κ2) is 9.64. The van der Waals surface area contributed by atoms with Crippen molar-refractivity contribution in [3.63, 3.8) is 0 Å². The Morgan fingerprint density at radius 3 is 2.46 bits per heavy atom. The Hall–Kier alpha value is -1.69. The zero-order chi connectivity index (χ0) is 25.6. The highest BCUT2D eigenvalue weighted by molar-refractivity contribution is 7.94. The normalized spacial score (nSPS) is 18.6. The van der Waals surface area contributed by atoms with Crippen LogP contribution in [0.2, 0.25) is 14.4 Å². The minimum absolute atomic E-state index is 0.0850. The molecule has 1 aromatic heterocycles. The smallest absolute Gasteiger partial charge is 0.419 e. The molecule has 1 aliphatic heterocycles. The maximum Gasteiger partial charge on any atom is 0.419 e. The molecule has 2 N–H and O–H groups in total. The Bertz CT molecular complexity index is 1370. The van der Waals surface area contributed by atoms with Crippen LogP contribution in [-0.4, -0.2) is 27.1 Å². The first-order chi connectivity index (χ1) is 16.3. The standard InChI is InChI=1S/C22H18Cl3F3N2O3S2/c1-21(6-7-29-11-21)33-18-9-13(3-5-16(18)22(26,27)28)30-35(31,32)19-10-15(20(25)34-19)14-4-2-12(23)8-17(14)24/h2-5,8-10,29-30H,6-7,11H2,1H3/t21-/m1/s1. The third-order valence-corrected chi connectivity index (χ3v) is 9.14. The van der Waals surface area contributed by atoms with Gasteiger partial charge in [0.05, 0.1) is 11.3 Å². The van der Waals surface area contributed by atoms with Gasteiger partial charge in [-0.25, -0.2) is 8.42 Å². The summed E-state index contributed by atoms with van der Waals surface area (Å²) in [6.45, 7) is 2.66. The van der Waals surface area contributed by atoms with Gasteiger partial charge in [-0.1, -0.05) is 40.9 Å². The van der Waals surface area contributed by atoms with Gasteiger partial charge in [0.2, 0.25) is 0 Å². The zero-order valence-electron chi connectivity index (χ0n) is 18.0. The van der Waals surface area contributed by atoms with Crippen LogP contribution in [0.5, 0.6) is 5.75 Å². The van der Waals surface area contributed by atoms with Crippen molar-refractivity contribution in [2.45, 2.75) is 29.3 Å². The summed E-state index contributed by atoms with van der Waals surface area (Å²) in [6.07, 6.45) is -4.17. The SMILES string of the molecule is C[C@@]1(Oc2cc(NS(=O)(=O)c3cc(-c4ccc(Cl)cc4Cl)c(Cl)s3)ccc2C(F)(F)F)CCNC1. The van der Waals surface area contributed by atoms with Gasteiger partial charge in [0.25, 0.3) is 10.0 Å². The number of sulfonamides is 1. The van der Waals surface area contributed by atoms with E-state index in [0.29, 0.717) is 35.7 Å². The van der Waals surface area contributed by atoms with E-state index in [-0.39, 0.29) is 19.3 Å². The van der Waals surface area contributed by atoms with Crippen molar-refractivity contribution in [3.8, 4) is 16.9 Å². The molecule has 0 bridgehead atoms. The number of alkyl halides is 3. The molecule has 0 radical (unpaired) electrons. The molecule has 0 aliphatic carbocycles. The molecule has 13 heteroatoms. The van der Waals surface area contributed by atoms with E-state index in [9.17, 15) is 21.6 Å². The van der Waals surface area contributed by atoms with Gasteiger partial charge in [-0.2, -0.15) is 13.2 Å². The zero-order valence-corrected chi connectivity index (χ0v) is 21.9. The van der Waals surface area contributed by atoms with E-state index in [1.54, 1.807) is 19.1 Å². The summed E-state index contributed by atoms with van der Waals surface area (Å²) in [7, 11) is -4.19. The average molecular weight is 586 g/mol. The number of halogens is 6. The molecule has 3 aromatic rings. The van der Waals surface area contributed by atoms with Gasteiger partial charge < -0.3 is 10.1 Å². The first-order valence-corrected chi connectivity index (χ1v) is 13.6. The minimum Gasteiger partial charge on any atom is -0.485 e. The number of hydrogen-bond acceptors (Lipinski definition) is 5. The number of anilines is 1. The molecule has 2 heterocycles.